The van der Waals surface area contributed by atoms with E-state index in [9.17, 15) is 50.8 Å². The number of aliphatic hydroxyl groups is 6. The molecule has 0 aliphatic carbocycles. The average Bonchev–Trinajstić information content (AvgIpc) is 2.95. The lowest BCUT2D eigenvalue weighted by Crippen LogP contribution is -2.64. The molecule has 0 saturated carbocycles. The van der Waals surface area contributed by atoms with Crippen LogP contribution in [-0.4, -0.2) is 114 Å². The molecule has 15 nitrogen and oxygen atoms in total. The zero-order valence-corrected chi connectivity index (χ0v) is 21.9. The molecular weight excluding hydrogens is 564 g/mol. The fourth-order valence-corrected chi connectivity index (χ4v) is 4.85. The van der Waals surface area contributed by atoms with Crippen molar-refractivity contribution >= 4 is 11.0 Å². The molecular formula is C27H30O15. The van der Waals surface area contributed by atoms with Gasteiger partial charge in [0.25, 0.3) is 0 Å². The lowest BCUT2D eigenvalue weighted by Gasteiger charge is -2.45. The van der Waals surface area contributed by atoms with Gasteiger partial charge in [-0.15, -0.1) is 0 Å². The zero-order valence-electron chi connectivity index (χ0n) is 21.9. The van der Waals surface area contributed by atoms with Crippen LogP contribution in [0.15, 0.2) is 45.6 Å². The van der Waals surface area contributed by atoms with Gasteiger partial charge in [0.15, 0.2) is 29.2 Å². The third kappa shape index (κ3) is 5.37. The number of phenolic OH excluding ortho intramolecular Hbond substituents is 3. The minimum absolute atomic E-state index is 0.0383. The summed E-state index contributed by atoms with van der Waals surface area (Å²) in [7, 11) is 0. The van der Waals surface area contributed by atoms with Gasteiger partial charge in [-0.3, -0.25) is 4.79 Å². The first kappa shape index (κ1) is 30.0. The van der Waals surface area contributed by atoms with Crippen molar-refractivity contribution in [1.82, 2.24) is 0 Å². The molecule has 3 heterocycles. The summed E-state index contributed by atoms with van der Waals surface area (Å²) in [5, 5.41) is 92.0. The van der Waals surface area contributed by atoms with Crippen LogP contribution in [0.2, 0.25) is 0 Å². The molecule has 0 unspecified atom stereocenters. The van der Waals surface area contributed by atoms with E-state index in [1.54, 1.807) is 0 Å². The molecule has 2 aromatic carbocycles. The number of fused-ring (bicyclic) bond motifs is 1. The summed E-state index contributed by atoms with van der Waals surface area (Å²) in [5.41, 5.74) is -0.844. The number of hydrogen-bond acceptors (Lipinski definition) is 15. The van der Waals surface area contributed by atoms with E-state index in [1.807, 2.05) is 0 Å². The number of phenols is 3. The van der Waals surface area contributed by atoms with Gasteiger partial charge in [0.2, 0.25) is 12.0 Å². The molecule has 10 atom stereocenters. The zero-order chi connectivity index (χ0) is 30.5. The Balaban J connectivity index is 1.56. The third-order valence-corrected chi connectivity index (χ3v) is 7.23. The summed E-state index contributed by atoms with van der Waals surface area (Å²) in [4.78, 5) is 13.0. The molecule has 228 valence electrons. The molecule has 0 bridgehead atoms. The molecule has 2 saturated heterocycles. The Bertz CT molecular complexity index is 1470. The Morgan fingerprint density at radius 2 is 1.50 bits per heavy atom. The van der Waals surface area contributed by atoms with Crippen LogP contribution in [0.5, 0.6) is 23.0 Å². The summed E-state index contributed by atoms with van der Waals surface area (Å²) >= 11 is 0. The third-order valence-electron chi connectivity index (χ3n) is 7.23. The smallest absolute Gasteiger partial charge is 0.230 e. The van der Waals surface area contributed by atoms with Crippen LogP contribution >= 0.6 is 0 Å². The van der Waals surface area contributed by atoms with Crippen LogP contribution < -0.4 is 10.2 Å². The van der Waals surface area contributed by atoms with E-state index < -0.39 is 102 Å². The number of ether oxygens (including phenoxy) is 4. The molecule has 2 fully saturated rings. The van der Waals surface area contributed by atoms with E-state index in [0.29, 0.717) is 5.56 Å². The first-order valence-electron chi connectivity index (χ1n) is 12.9. The van der Waals surface area contributed by atoms with Crippen molar-refractivity contribution in [3.63, 3.8) is 0 Å². The van der Waals surface area contributed by atoms with Gasteiger partial charge in [-0.05, 0) is 31.2 Å². The average molecular weight is 595 g/mol. The van der Waals surface area contributed by atoms with Crippen molar-refractivity contribution in [2.75, 3.05) is 6.61 Å². The highest BCUT2D eigenvalue weighted by molar-refractivity contribution is 5.91. The van der Waals surface area contributed by atoms with Gasteiger partial charge in [-0.1, -0.05) is 0 Å². The Morgan fingerprint density at radius 3 is 2.17 bits per heavy atom. The van der Waals surface area contributed by atoms with Crippen molar-refractivity contribution in [3.8, 4) is 34.3 Å². The highest BCUT2D eigenvalue weighted by Crippen LogP contribution is 2.42. The summed E-state index contributed by atoms with van der Waals surface area (Å²) in [6.45, 7) is 0.598. The SMILES string of the molecule is C[C@@H]1O[C@@H](O[C@H]2[C@H](Oc3c(O)cc(O)c4c(=O)cc(-c5ccc(O)cc5)oc34)O[C@H](CO)[C@@H](O)[C@@H]2O)[C@H](O)[C@H](O)[C@H]1O. The molecule has 3 aromatic rings. The summed E-state index contributed by atoms with van der Waals surface area (Å²) < 4.78 is 28.3. The standard InChI is InChI=1S/C27H30O15/c1-9-18(33)20(35)22(37)26(38-9)42-25-21(36)19(34)16(8-28)40-27(25)41-23-14(32)6-12(30)17-13(31)7-15(39-24(17)23)10-2-4-11(29)5-3-10/h2-7,9,16,18-22,25-30,32-37H,8H2,1H3/t9-,16+,18-,19+,20+,21-,22+,25+,26-,27-/m0/s1. The van der Waals surface area contributed by atoms with Crippen molar-refractivity contribution in [1.29, 1.82) is 0 Å². The van der Waals surface area contributed by atoms with Gasteiger partial charge in [0.05, 0.1) is 12.7 Å². The van der Waals surface area contributed by atoms with Crippen molar-refractivity contribution in [2.45, 2.75) is 68.3 Å². The maximum atomic E-state index is 13.0. The molecule has 15 heteroatoms. The van der Waals surface area contributed by atoms with Crippen molar-refractivity contribution in [3.05, 3.63) is 46.6 Å². The normalized spacial score (nSPS) is 33.5. The summed E-state index contributed by atoms with van der Waals surface area (Å²) in [6, 6.07) is 7.45. The first-order valence-corrected chi connectivity index (χ1v) is 12.9. The molecule has 0 spiro atoms. The van der Waals surface area contributed by atoms with Crippen LogP contribution in [0.3, 0.4) is 0 Å². The van der Waals surface area contributed by atoms with E-state index in [4.69, 9.17) is 23.4 Å². The van der Waals surface area contributed by atoms with Gasteiger partial charge >= 0.3 is 0 Å². The van der Waals surface area contributed by atoms with E-state index >= 15 is 0 Å². The van der Waals surface area contributed by atoms with Crippen molar-refractivity contribution in [2.24, 2.45) is 0 Å². The molecule has 2 aliphatic heterocycles. The van der Waals surface area contributed by atoms with E-state index in [2.05, 4.69) is 0 Å². The van der Waals surface area contributed by atoms with Gasteiger partial charge in [0.1, 0.15) is 59.3 Å². The Hall–Kier alpha value is -3.51. The fourth-order valence-electron chi connectivity index (χ4n) is 4.85. The number of aliphatic hydroxyl groups excluding tert-OH is 6. The predicted octanol–water partition coefficient (Wildman–Crippen LogP) is -1.39. The lowest BCUT2D eigenvalue weighted by molar-refractivity contribution is -0.354. The number of hydrogen-bond donors (Lipinski definition) is 9. The quantitative estimate of drug-likeness (QED) is 0.159. The van der Waals surface area contributed by atoms with Crippen LogP contribution in [0, 0.1) is 0 Å². The van der Waals surface area contributed by atoms with E-state index in [-0.39, 0.29) is 11.5 Å². The molecule has 0 radical (unpaired) electrons. The Labute approximate surface area is 236 Å². The molecule has 0 amide bonds. The van der Waals surface area contributed by atoms with Crippen LogP contribution in [0.4, 0.5) is 0 Å². The second kappa shape index (κ2) is 11.6. The highest BCUT2D eigenvalue weighted by Gasteiger charge is 2.51. The van der Waals surface area contributed by atoms with Gasteiger partial charge in [-0.2, -0.15) is 0 Å². The predicted molar refractivity (Wildman–Crippen MR) is 139 cm³/mol. The minimum Gasteiger partial charge on any atom is -0.508 e. The molecule has 42 heavy (non-hydrogen) atoms. The highest BCUT2D eigenvalue weighted by atomic mass is 16.8. The molecule has 1 aromatic heterocycles. The minimum atomic E-state index is -1.86. The summed E-state index contributed by atoms with van der Waals surface area (Å²) in [5.74, 6) is -2.04. The molecule has 5 rings (SSSR count). The number of rotatable bonds is 6. The Morgan fingerprint density at radius 1 is 0.810 bits per heavy atom. The Kier molecular flexibility index (Phi) is 8.30. The van der Waals surface area contributed by atoms with Gasteiger partial charge in [0, 0.05) is 17.7 Å². The van der Waals surface area contributed by atoms with E-state index in [1.165, 1.54) is 31.2 Å². The maximum Gasteiger partial charge on any atom is 0.230 e. The molecule has 2 aliphatic rings. The largest absolute Gasteiger partial charge is 0.508 e. The van der Waals surface area contributed by atoms with Crippen LogP contribution in [-0.2, 0) is 14.2 Å². The van der Waals surface area contributed by atoms with Gasteiger partial charge in [-0.25, -0.2) is 0 Å². The van der Waals surface area contributed by atoms with Crippen LogP contribution in [0.25, 0.3) is 22.3 Å². The molecule has 9 N–H and O–H groups in total. The maximum absolute atomic E-state index is 13.0. The fraction of sp³-hybridized carbons (Fsp3) is 0.444. The van der Waals surface area contributed by atoms with Crippen LogP contribution in [0.1, 0.15) is 6.92 Å². The monoisotopic (exact) mass is 594 g/mol. The number of benzene rings is 2. The second-order valence-corrected chi connectivity index (χ2v) is 10.1. The second-order valence-electron chi connectivity index (χ2n) is 10.1. The lowest BCUT2D eigenvalue weighted by atomic mass is 9.97. The van der Waals surface area contributed by atoms with Crippen molar-refractivity contribution < 1.29 is 69.3 Å². The van der Waals surface area contributed by atoms with E-state index in [0.717, 1.165) is 12.1 Å². The number of aromatic hydroxyl groups is 3. The summed E-state index contributed by atoms with van der Waals surface area (Å²) in [6.07, 6.45) is -16.2. The van der Waals surface area contributed by atoms with Gasteiger partial charge < -0.3 is 69.3 Å². The topological polar surface area (TPSA) is 249 Å². The first-order chi connectivity index (χ1) is 19.9.